The summed E-state index contributed by atoms with van der Waals surface area (Å²) in [6.45, 7) is 8.65. The van der Waals surface area contributed by atoms with Crippen molar-refractivity contribution < 1.29 is 0 Å². The number of rotatable bonds is 4. The van der Waals surface area contributed by atoms with E-state index in [0.29, 0.717) is 17.8 Å². The van der Waals surface area contributed by atoms with Crippen LogP contribution in [0, 0.1) is 11.8 Å². The maximum atomic E-state index is 12.9. The Morgan fingerprint density at radius 3 is 2.41 bits per heavy atom. The van der Waals surface area contributed by atoms with E-state index in [-0.39, 0.29) is 11.6 Å². The number of piperazine rings is 1. The van der Waals surface area contributed by atoms with E-state index in [4.69, 9.17) is 4.98 Å². The quantitative estimate of drug-likeness (QED) is 0.650. The summed E-state index contributed by atoms with van der Waals surface area (Å²) in [4.78, 5) is 24.6. The van der Waals surface area contributed by atoms with Crippen molar-refractivity contribution in [2.24, 2.45) is 11.8 Å². The van der Waals surface area contributed by atoms with Crippen LogP contribution in [0.2, 0.25) is 0 Å². The predicted molar refractivity (Wildman–Crippen MR) is 130 cm³/mol. The van der Waals surface area contributed by atoms with E-state index < -0.39 is 0 Å². The number of aromatic nitrogens is 3. The number of nitrogens with zero attached hydrogens (tertiary/aromatic N) is 4. The van der Waals surface area contributed by atoms with Crippen molar-refractivity contribution in [2.45, 2.75) is 39.2 Å². The SMILES string of the molecule is CC1CC(C)CC(n2c(=O)ccc3cnc(Nc4ccc(N5CCNCC5)cc4)nc32)C1. The Hall–Kier alpha value is -2.93. The summed E-state index contributed by atoms with van der Waals surface area (Å²) in [5, 5.41) is 7.61. The number of benzene rings is 1. The molecule has 3 aromatic rings. The first-order chi connectivity index (χ1) is 15.6. The molecule has 7 heteroatoms. The van der Waals surface area contributed by atoms with Gasteiger partial charge in [0.2, 0.25) is 5.95 Å². The smallest absolute Gasteiger partial charge is 0.252 e. The molecule has 2 fully saturated rings. The van der Waals surface area contributed by atoms with E-state index in [1.165, 1.54) is 12.1 Å². The molecule has 0 amide bonds. The molecule has 168 valence electrons. The zero-order chi connectivity index (χ0) is 22.1. The monoisotopic (exact) mass is 432 g/mol. The third kappa shape index (κ3) is 4.35. The molecule has 1 saturated carbocycles. The molecule has 2 N–H and O–H groups in total. The number of hydrogen-bond donors (Lipinski definition) is 2. The second-order valence-electron chi connectivity index (χ2n) is 9.49. The molecular formula is C25H32N6O. The Kier molecular flexibility index (Phi) is 5.83. The summed E-state index contributed by atoms with van der Waals surface area (Å²) in [6.07, 6.45) is 5.07. The third-order valence-electron chi connectivity index (χ3n) is 6.79. The Bertz CT molecular complexity index is 1130. The zero-order valence-electron chi connectivity index (χ0n) is 18.9. The van der Waals surface area contributed by atoms with Gasteiger partial charge in [0, 0.05) is 61.2 Å². The largest absolute Gasteiger partial charge is 0.369 e. The minimum atomic E-state index is 0.0221. The molecule has 2 atom stereocenters. The highest BCUT2D eigenvalue weighted by atomic mass is 16.1. The van der Waals surface area contributed by atoms with Crippen molar-refractivity contribution in [3.8, 4) is 0 Å². The molecule has 3 heterocycles. The average molecular weight is 433 g/mol. The van der Waals surface area contributed by atoms with Gasteiger partial charge < -0.3 is 15.5 Å². The van der Waals surface area contributed by atoms with Crippen LogP contribution in [0.25, 0.3) is 11.0 Å². The first-order valence-corrected chi connectivity index (χ1v) is 11.8. The van der Waals surface area contributed by atoms with Gasteiger partial charge in [0.25, 0.3) is 5.56 Å². The summed E-state index contributed by atoms with van der Waals surface area (Å²) in [6, 6.07) is 12.1. The van der Waals surface area contributed by atoms with Gasteiger partial charge >= 0.3 is 0 Å². The summed E-state index contributed by atoms with van der Waals surface area (Å²) in [7, 11) is 0. The lowest BCUT2D eigenvalue weighted by Crippen LogP contribution is -2.43. The lowest BCUT2D eigenvalue weighted by molar-refractivity contribution is 0.221. The Balaban J connectivity index is 1.42. The highest BCUT2D eigenvalue weighted by Gasteiger charge is 2.27. The first-order valence-electron chi connectivity index (χ1n) is 11.8. The summed E-state index contributed by atoms with van der Waals surface area (Å²) in [5.41, 5.74) is 2.91. The third-order valence-corrected chi connectivity index (χ3v) is 6.79. The predicted octanol–water partition coefficient (Wildman–Crippen LogP) is 3.94. The molecule has 1 saturated heterocycles. The molecule has 2 aromatic heterocycles. The van der Waals surface area contributed by atoms with Crippen LogP contribution >= 0.6 is 0 Å². The highest BCUT2D eigenvalue weighted by molar-refractivity contribution is 5.76. The van der Waals surface area contributed by atoms with Crippen molar-refractivity contribution in [1.82, 2.24) is 19.9 Å². The summed E-state index contributed by atoms with van der Waals surface area (Å²) < 4.78 is 1.90. The minimum absolute atomic E-state index is 0.0221. The first kappa shape index (κ1) is 20.9. The van der Waals surface area contributed by atoms with E-state index >= 15 is 0 Å². The lowest BCUT2D eigenvalue weighted by Gasteiger charge is -2.33. The zero-order valence-corrected chi connectivity index (χ0v) is 18.9. The maximum absolute atomic E-state index is 12.9. The molecule has 1 aromatic carbocycles. The maximum Gasteiger partial charge on any atom is 0.252 e. The van der Waals surface area contributed by atoms with E-state index in [1.54, 1.807) is 6.07 Å². The second-order valence-corrected chi connectivity index (χ2v) is 9.49. The van der Waals surface area contributed by atoms with Gasteiger partial charge in [-0.15, -0.1) is 0 Å². The molecular weight excluding hydrogens is 400 g/mol. The fourth-order valence-corrected chi connectivity index (χ4v) is 5.37. The number of pyridine rings is 1. The van der Waals surface area contributed by atoms with Crippen molar-refractivity contribution >= 4 is 28.4 Å². The molecule has 5 rings (SSSR count). The van der Waals surface area contributed by atoms with Crippen LogP contribution in [0.1, 0.15) is 39.2 Å². The fourth-order valence-electron chi connectivity index (χ4n) is 5.37. The van der Waals surface area contributed by atoms with Crippen molar-refractivity contribution in [3.05, 3.63) is 52.9 Å². The van der Waals surface area contributed by atoms with Crippen molar-refractivity contribution in [3.63, 3.8) is 0 Å². The van der Waals surface area contributed by atoms with E-state index in [1.807, 2.05) is 16.8 Å². The Labute approximate surface area is 188 Å². The van der Waals surface area contributed by atoms with Gasteiger partial charge in [-0.2, -0.15) is 4.98 Å². The highest BCUT2D eigenvalue weighted by Crippen LogP contribution is 2.36. The summed E-state index contributed by atoms with van der Waals surface area (Å²) in [5.74, 6) is 1.74. The van der Waals surface area contributed by atoms with Gasteiger partial charge in [-0.3, -0.25) is 9.36 Å². The molecule has 1 aliphatic carbocycles. The van der Waals surface area contributed by atoms with E-state index in [0.717, 1.165) is 55.7 Å². The topological polar surface area (TPSA) is 75.1 Å². The molecule has 0 spiro atoms. The van der Waals surface area contributed by atoms with Crippen molar-refractivity contribution in [1.29, 1.82) is 0 Å². The normalized spacial score (nSPS) is 23.9. The van der Waals surface area contributed by atoms with Gasteiger partial charge in [0.1, 0.15) is 5.65 Å². The Morgan fingerprint density at radius 2 is 1.69 bits per heavy atom. The van der Waals surface area contributed by atoms with E-state index in [2.05, 4.69) is 58.6 Å². The van der Waals surface area contributed by atoms with Crippen LogP contribution in [0.5, 0.6) is 0 Å². The molecule has 2 unspecified atom stereocenters. The van der Waals surface area contributed by atoms with Crippen LogP contribution in [0.15, 0.2) is 47.4 Å². The molecule has 1 aliphatic heterocycles. The second kappa shape index (κ2) is 8.90. The molecule has 0 bridgehead atoms. The van der Waals surface area contributed by atoms with Crippen LogP contribution in [-0.4, -0.2) is 40.7 Å². The van der Waals surface area contributed by atoms with Gasteiger partial charge in [-0.1, -0.05) is 13.8 Å². The van der Waals surface area contributed by atoms with Crippen LogP contribution < -0.4 is 21.1 Å². The average Bonchev–Trinajstić information content (AvgIpc) is 2.79. The molecule has 32 heavy (non-hydrogen) atoms. The minimum Gasteiger partial charge on any atom is -0.369 e. The summed E-state index contributed by atoms with van der Waals surface area (Å²) >= 11 is 0. The van der Waals surface area contributed by atoms with Crippen LogP contribution in [-0.2, 0) is 0 Å². The van der Waals surface area contributed by atoms with Gasteiger partial charge in [0.15, 0.2) is 0 Å². The number of fused-ring (bicyclic) bond motifs is 1. The number of anilines is 3. The fraction of sp³-hybridized carbons (Fsp3) is 0.480. The van der Waals surface area contributed by atoms with Gasteiger partial charge in [0.05, 0.1) is 0 Å². The van der Waals surface area contributed by atoms with Gasteiger partial charge in [-0.05, 0) is 61.4 Å². The van der Waals surface area contributed by atoms with E-state index in [9.17, 15) is 4.79 Å². The standard InChI is InChI=1S/C25H32N6O/c1-17-13-18(2)15-22(14-17)31-23(32)8-3-19-16-27-25(29-24(19)31)28-20-4-6-21(7-5-20)30-11-9-26-10-12-30/h3-8,16-18,22,26H,9-15H2,1-2H3,(H,27,28,29). The molecule has 7 nitrogen and oxygen atoms in total. The lowest BCUT2D eigenvalue weighted by atomic mass is 9.80. The molecule has 0 radical (unpaired) electrons. The molecule has 2 aliphatic rings. The van der Waals surface area contributed by atoms with Crippen LogP contribution in [0.4, 0.5) is 17.3 Å². The number of nitrogens with one attached hydrogen (secondary N) is 2. The van der Waals surface area contributed by atoms with Crippen LogP contribution in [0.3, 0.4) is 0 Å². The Morgan fingerprint density at radius 1 is 0.969 bits per heavy atom. The van der Waals surface area contributed by atoms with Gasteiger partial charge in [-0.25, -0.2) is 4.98 Å². The number of hydrogen-bond acceptors (Lipinski definition) is 6. The van der Waals surface area contributed by atoms with Crippen molar-refractivity contribution in [2.75, 3.05) is 36.4 Å².